The predicted molar refractivity (Wildman–Crippen MR) is 103 cm³/mol. The molecule has 0 saturated heterocycles. The largest absolute Gasteiger partial charge is 0.435 e. The molecule has 2 heterocycles. The molecule has 1 saturated carbocycles. The van der Waals surface area contributed by atoms with E-state index in [4.69, 9.17) is 11.6 Å². The normalized spacial score (nSPS) is 15.2. The van der Waals surface area contributed by atoms with E-state index in [0.29, 0.717) is 5.69 Å². The Balaban J connectivity index is 1.49. The molecule has 2 aromatic heterocycles. The topological polar surface area (TPSA) is 77.6 Å². The lowest BCUT2D eigenvalue weighted by molar-refractivity contribution is -0.141. The van der Waals surface area contributed by atoms with E-state index in [0.717, 1.165) is 23.6 Å². The number of rotatable bonds is 6. The Labute approximate surface area is 179 Å². The van der Waals surface area contributed by atoms with E-state index in [2.05, 4.69) is 20.5 Å². The van der Waals surface area contributed by atoms with Crippen LogP contribution in [0, 0.1) is 5.82 Å². The van der Waals surface area contributed by atoms with Crippen molar-refractivity contribution in [2.24, 2.45) is 0 Å². The molecule has 0 aliphatic heterocycles. The summed E-state index contributed by atoms with van der Waals surface area (Å²) >= 11 is 6.00. The highest BCUT2D eigenvalue weighted by Crippen LogP contribution is 2.43. The summed E-state index contributed by atoms with van der Waals surface area (Å²) in [4.78, 5) is 16.6. The van der Waals surface area contributed by atoms with E-state index in [-0.39, 0.29) is 29.0 Å². The van der Waals surface area contributed by atoms with E-state index in [9.17, 15) is 22.4 Å². The highest BCUT2D eigenvalue weighted by Gasteiger charge is 2.39. The van der Waals surface area contributed by atoms with Crippen molar-refractivity contribution in [3.63, 3.8) is 0 Å². The van der Waals surface area contributed by atoms with Gasteiger partial charge in [-0.15, -0.1) is 5.10 Å². The average molecular weight is 457 g/mol. The van der Waals surface area contributed by atoms with Gasteiger partial charge in [0.2, 0.25) is 5.95 Å². The summed E-state index contributed by atoms with van der Waals surface area (Å²) in [5, 5.41) is 10.4. The fourth-order valence-corrected chi connectivity index (χ4v) is 3.36. The predicted octanol–water partition coefficient (Wildman–Crippen LogP) is 4.41. The Morgan fingerprint density at radius 3 is 2.71 bits per heavy atom. The number of amides is 1. The van der Waals surface area contributed by atoms with E-state index in [1.165, 1.54) is 36.1 Å². The fraction of sp³-hybridized carbons (Fsp3) is 0.368. The van der Waals surface area contributed by atoms with Crippen molar-refractivity contribution < 1.29 is 22.4 Å². The van der Waals surface area contributed by atoms with E-state index in [1.54, 1.807) is 0 Å². The Bertz CT molecular complexity index is 1100. The second-order valence-electron chi connectivity index (χ2n) is 7.30. The van der Waals surface area contributed by atoms with Gasteiger partial charge in [0, 0.05) is 22.2 Å². The molecule has 164 valence electrons. The van der Waals surface area contributed by atoms with Crippen LogP contribution >= 0.6 is 11.6 Å². The van der Waals surface area contributed by atoms with Crippen molar-refractivity contribution in [1.29, 1.82) is 0 Å². The van der Waals surface area contributed by atoms with Crippen LogP contribution in [0.2, 0.25) is 5.02 Å². The first-order chi connectivity index (χ1) is 14.6. The monoisotopic (exact) mass is 456 g/mol. The first-order valence-corrected chi connectivity index (χ1v) is 9.81. The first kappa shape index (κ1) is 21.3. The maximum Gasteiger partial charge on any atom is 0.435 e. The molecule has 1 aromatic carbocycles. The zero-order valence-corrected chi connectivity index (χ0v) is 17.0. The van der Waals surface area contributed by atoms with Crippen molar-refractivity contribution in [1.82, 2.24) is 24.5 Å². The average Bonchev–Trinajstić information content (AvgIpc) is 3.28. The molecular weight excluding hydrogens is 440 g/mol. The molecule has 12 heteroatoms. The van der Waals surface area contributed by atoms with Crippen molar-refractivity contribution in [2.45, 2.75) is 44.4 Å². The van der Waals surface area contributed by atoms with Crippen LogP contribution in [0.25, 0.3) is 0 Å². The van der Waals surface area contributed by atoms with Crippen molar-refractivity contribution in [2.75, 3.05) is 5.32 Å². The van der Waals surface area contributed by atoms with Crippen LogP contribution in [-0.2, 0) is 17.5 Å². The minimum atomic E-state index is -4.60. The second kappa shape index (κ2) is 7.95. The van der Waals surface area contributed by atoms with Gasteiger partial charge in [0.25, 0.3) is 5.91 Å². The lowest BCUT2D eigenvalue weighted by Crippen LogP contribution is -2.26. The zero-order chi connectivity index (χ0) is 22.3. The van der Waals surface area contributed by atoms with Crippen molar-refractivity contribution >= 4 is 23.5 Å². The van der Waals surface area contributed by atoms with Gasteiger partial charge in [-0.25, -0.2) is 14.1 Å². The zero-order valence-electron chi connectivity index (χ0n) is 16.2. The molecule has 1 aliphatic rings. The number of anilines is 1. The van der Waals surface area contributed by atoms with Gasteiger partial charge in [-0.05, 0) is 38.0 Å². The number of aromatic nitrogens is 5. The summed E-state index contributed by atoms with van der Waals surface area (Å²) in [5.41, 5.74) is -0.438. The Kier molecular flexibility index (Phi) is 5.46. The number of hydrogen-bond donors (Lipinski definition) is 1. The molecule has 1 amide bonds. The van der Waals surface area contributed by atoms with E-state index < -0.39 is 29.6 Å². The molecule has 1 aliphatic carbocycles. The van der Waals surface area contributed by atoms with Gasteiger partial charge in [0.1, 0.15) is 18.2 Å². The fourth-order valence-electron chi connectivity index (χ4n) is 3.14. The number of halogens is 5. The first-order valence-electron chi connectivity index (χ1n) is 9.43. The van der Waals surface area contributed by atoms with Gasteiger partial charge < -0.3 is 0 Å². The molecule has 0 radical (unpaired) electrons. The number of hydrogen-bond acceptors (Lipinski definition) is 4. The molecule has 1 unspecified atom stereocenters. The summed E-state index contributed by atoms with van der Waals surface area (Å²) in [5.74, 6) is -1.24. The minimum Gasteiger partial charge on any atom is -0.291 e. The van der Waals surface area contributed by atoms with Gasteiger partial charge in [-0.3, -0.25) is 14.8 Å². The summed E-state index contributed by atoms with van der Waals surface area (Å²) < 4.78 is 55.6. The molecule has 0 spiro atoms. The molecular formula is C19H17ClF4N6O. The van der Waals surface area contributed by atoms with E-state index in [1.807, 2.05) is 0 Å². The summed E-state index contributed by atoms with van der Waals surface area (Å²) in [6.45, 7) is 1.44. The number of alkyl halides is 3. The SMILES string of the molecule is CC(C(=O)Nc1ncn(Cc2c(F)cccc2Cl)n1)n1nc(C(F)(F)F)cc1C1CC1. The van der Waals surface area contributed by atoms with Crippen molar-refractivity contribution in [3.8, 4) is 0 Å². The molecule has 0 bridgehead atoms. The van der Waals surface area contributed by atoms with Crippen LogP contribution in [0.1, 0.15) is 48.7 Å². The molecule has 1 atom stereocenters. The van der Waals surface area contributed by atoms with Crippen molar-refractivity contribution in [3.05, 3.63) is 58.4 Å². The standard InChI is InChI=1S/C19H17ClF4N6O/c1-10(30-15(11-5-6-11)7-16(27-30)19(22,23)24)17(31)26-18-25-9-29(28-18)8-12-13(20)3-2-4-14(12)21/h2-4,7,9-11H,5-6,8H2,1H3,(H,26,28,31). The molecule has 1 fully saturated rings. The van der Waals surface area contributed by atoms with Crippen LogP contribution < -0.4 is 5.32 Å². The smallest absolute Gasteiger partial charge is 0.291 e. The number of carbonyl (C=O) groups excluding carboxylic acids is 1. The van der Waals surface area contributed by atoms with Gasteiger partial charge in [0.05, 0.1) is 6.54 Å². The molecule has 3 aromatic rings. The summed E-state index contributed by atoms with van der Waals surface area (Å²) in [7, 11) is 0. The third-order valence-corrected chi connectivity index (χ3v) is 5.30. The number of nitrogens with one attached hydrogen (secondary N) is 1. The van der Waals surface area contributed by atoms with Crippen LogP contribution in [0.3, 0.4) is 0 Å². The third-order valence-electron chi connectivity index (χ3n) is 4.95. The third kappa shape index (κ3) is 4.55. The van der Waals surface area contributed by atoms with Crippen LogP contribution in [0.5, 0.6) is 0 Å². The highest BCUT2D eigenvalue weighted by atomic mass is 35.5. The van der Waals surface area contributed by atoms with E-state index >= 15 is 0 Å². The maximum absolute atomic E-state index is 13.9. The lowest BCUT2D eigenvalue weighted by Gasteiger charge is -2.14. The number of benzene rings is 1. The quantitative estimate of drug-likeness (QED) is 0.557. The van der Waals surface area contributed by atoms with Gasteiger partial charge in [-0.2, -0.15) is 18.3 Å². The number of nitrogens with zero attached hydrogens (tertiary/aromatic N) is 5. The van der Waals surface area contributed by atoms with Crippen LogP contribution in [-0.4, -0.2) is 30.5 Å². The second-order valence-corrected chi connectivity index (χ2v) is 7.71. The van der Waals surface area contributed by atoms with Gasteiger partial charge in [-0.1, -0.05) is 17.7 Å². The highest BCUT2D eigenvalue weighted by molar-refractivity contribution is 6.31. The molecule has 31 heavy (non-hydrogen) atoms. The Morgan fingerprint density at radius 1 is 1.32 bits per heavy atom. The Morgan fingerprint density at radius 2 is 2.06 bits per heavy atom. The minimum absolute atomic E-state index is 0.0101. The molecule has 4 rings (SSSR count). The van der Waals surface area contributed by atoms with Crippen LogP contribution in [0.15, 0.2) is 30.6 Å². The number of carbonyl (C=O) groups is 1. The molecule has 7 nitrogen and oxygen atoms in total. The summed E-state index contributed by atoms with van der Waals surface area (Å²) in [6.07, 6.45) is -1.81. The Hall–Kier alpha value is -2.95. The maximum atomic E-state index is 13.9. The summed E-state index contributed by atoms with van der Waals surface area (Å²) in [6, 6.07) is 4.26. The lowest BCUT2D eigenvalue weighted by atomic mass is 10.2. The molecule has 1 N–H and O–H groups in total. The van der Waals surface area contributed by atoms with Gasteiger partial charge in [0.15, 0.2) is 5.69 Å². The van der Waals surface area contributed by atoms with Gasteiger partial charge >= 0.3 is 6.18 Å². The van der Waals surface area contributed by atoms with Crippen LogP contribution in [0.4, 0.5) is 23.5 Å².